The van der Waals surface area contributed by atoms with E-state index in [2.05, 4.69) is 10.6 Å². The van der Waals surface area contributed by atoms with Crippen LogP contribution in [0.15, 0.2) is 59.8 Å². The molecule has 3 amide bonds. The molecule has 0 aromatic heterocycles. The van der Waals surface area contributed by atoms with Crippen molar-refractivity contribution in [2.75, 3.05) is 32.2 Å². The minimum absolute atomic E-state index is 0.106. The number of nitrogens with one attached hydrogen (secondary N) is 2. The molecule has 8 nitrogen and oxygen atoms in total. The minimum atomic E-state index is -0.687. The van der Waals surface area contributed by atoms with Gasteiger partial charge in [0.1, 0.15) is 6.61 Å². The largest absolute Gasteiger partial charge is 0.460 e. The lowest BCUT2D eigenvalue weighted by atomic mass is 9.94. The Balaban J connectivity index is 1.84. The van der Waals surface area contributed by atoms with Gasteiger partial charge in [0.25, 0.3) is 5.91 Å². The predicted octanol–water partition coefficient (Wildman–Crippen LogP) is 4.53. The Hall–Kier alpha value is -3.36. The molecule has 1 atom stereocenters. The molecular weight excluding hydrogens is 458 g/mol. The number of anilines is 1. The Bertz CT molecular complexity index is 1080. The monoisotopic (exact) mass is 485 g/mol. The van der Waals surface area contributed by atoms with Crippen LogP contribution in [0.25, 0.3) is 0 Å². The minimum Gasteiger partial charge on any atom is -0.460 e. The second-order valence-corrected chi connectivity index (χ2v) is 8.18. The van der Waals surface area contributed by atoms with Crippen LogP contribution in [0.5, 0.6) is 0 Å². The van der Waals surface area contributed by atoms with Crippen LogP contribution in [0, 0.1) is 0 Å². The number of rotatable bonds is 9. The molecule has 1 aliphatic heterocycles. The van der Waals surface area contributed by atoms with Gasteiger partial charge in [-0.1, -0.05) is 36.7 Å². The van der Waals surface area contributed by atoms with E-state index in [1.54, 1.807) is 60.4 Å². The average Bonchev–Trinajstić information content (AvgIpc) is 2.82. The van der Waals surface area contributed by atoms with Crippen molar-refractivity contribution in [3.63, 3.8) is 0 Å². The number of amides is 3. The average molecular weight is 486 g/mol. The first-order valence-corrected chi connectivity index (χ1v) is 11.3. The van der Waals surface area contributed by atoms with Crippen molar-refractivity contribution in [1.29, 1.82) is 0 Å². The van der Waals surface area contributed by atoms with Gasteiger partial charge in [-0.05, 0) is 49.2 Å². The highest BCUT2D eigenvalue weighted by atomic mass is 35.5. The molecule has 1 unspecified atom stereocenters. The third-order valence-electron chi connectivity index (χ3n) is 5.37. The van der Waals surface area contributed by atoms with E-state index in [1.165, 1.54) is 7.11 Å². The molecule has 3 rings (SSSR count). The molecule has 0 bridgehead atoms. The summed E-state index contributed by atoms with van der Waals surface area (Å²) in [6.45, 7) is 4.56. The van der Waals surface area contributed by atoms with Crippen molar-refractivity contribution in [3.05, 3.63) is 76.0 Å². The zero-order chi connectivity index (χ0) is 24.7. The van der Waals surface area contributed by atoms with Gasteiger partial charge in [0.2, 0.25) is 0 Å². The number of carbonyl (C=O) groups is 3. The number of nitrogens with zero attached hydrogens (tertiary/aromatic N) is 1. The fourth-order valence-electron chi connectivity index (χ4n) is 3.68. The molecule has 9 heteroatoms. The van der Waals surface area contributed by atoms with Gasteiger partial charge in [-0.15, -0.1) is 0 Å². The second kappa shape index (κ2) is 11.7. The van der Waals surface area contributed by atoms with Gasteiger partial charge >= 0.3 is 12.0 Å². The molecule has 0 fully saturated rings. The molecule has 180 valence electrons. The first kappa shape index (κ1) is 25.3. The molecule has 0 radical (unpaired) electrons. The standard InChI is InChI=1S/C25H28ClN3O5/c1-4-12-29-16(2)21(24(31)34-14-13-33-3)22(28-25(29)32)17-8-10-20(11-9-17)27-23(30)18-6-5-7-19(26)15-18/h5-11,15,22H,4,12-14H2,1-3H3,(H,27,30)(H,28,32). The number of halogens is 1. The van der Waals surface area contributed by atoms with Crippen molar-refractivity contribution >= 4 is 35.2 Å². The number of urea groups is 1. The zero-order valence-corrected chi connectivity index (χ0v) is 20.1. The molecule has 2 aromatic carbocycles. The number of carbonyl (C=O) groups excluding carboxylic acids is 3. The van der Waals surface area contributed by atoms with Crippen molar-refractivity contribution < 1.29 is 23.9 Å². The van der Waals surface area contributed by atoms with Crippen LogP contribution in [0.1, 0.15) is 42.2 Å². The number of benzene rings is 2. The molecule has 1 aliphatic rings. The number of esters is 1. The first-order chi connectivity index (χ1) is 16.3. The zero-order valence-electron chi connectivity index (χ0n) is 19.4. The topological polar surface area (TPSA) is 97.0 Å². The smallest absolute Gasteiger partial charge is 0.338 e. The van der Waals surface area contributed by atoms with Crippen LogP contribution in [0.3, 0.4) is 0 Å². The Morgan fingerprint density at radius 3 is 2.53 bits per heavy atom. The number of allylic oxidation sites excluding steroid dienone is 1. The summed E-state index contributed by atoms with van der Waals surface area (Å²) in [7, 11) is 1.53. The first-order valence-electron chi connectivity index (χ1n) is 11.0. The quantitative estimate of drug-likeness (QED) is 0.401. The molecular formula is C25H28ClN3O5. The molecule has 2 aromatic rings. The molecule has 0 saturated heterocycles. The SMILES string of the molecule is CCCN1C(=O)NC(c2ccc(NC(=O)c3cccc(Cl)c3)cc2)C(C(=O)OCCOC)=C1C. The highest BCUT2D eigenvalue weighted by Crippen LogP contribution is 2.32. The lowest BCUT2D eigenvalue weighted by Crippen LogP contribution is -2.48. The maximum Gasteiger partial charge on any atom is 0.338 e. The van der Waals surface area contributed by atoms with E-state index in [1.807, 2.05) is 6.92 Å². The maximum absolute atomic E-state index is 12.9. The molecule has 0 spiro atoms. The summed E-state index contributed by atoms with van der Waals surface area (Å²) in [6, 6.07) is 12.6. The molecule has 2 N–H and O–H groups in total. The highest BCUT2D eigenvalue weighted by Gasteiger charge is 2.36. The summed E-state index contributed by atoms with van der Waals surface area (Å²) in [5, 5.41) is 6.19. The third kappa shape index (κ3) is 5.95. The number of hydrogen-bond donors (Lipinski definition) is 2. The van der Waals surface area contributed by atoms with Gasteiger partial charge in [-0.2, -0.15) is 0 Å². The van der Waals surface area contributed by atoms with Crippen molar-refractivity contribution in [2.45, 2.75) is 26.3 Å². The van der Waals surface area contributed by atoms with Crippen LogP contribution in [0.2, 0.25) is 5.02 Å². The van der Waals surface area contributed by atoms with E-state index in [0.717, 1.165) is 6.42 Å². The molecule has 34 heavy (non-hydrogen) atoms. The van der Waals surface area contributed by atoms with Crippen LogP contribution >= 0.6 is 11.6 Å². The summed E-state index contributed by atoms with van der Waals surface area (Å²) >= 11 is 5.96. The Kier molecular flexibility index (Phi) is 8.67. The van der Waals surface area contributed by atoms with Gasteiger partial charge in [-0.25, -0.2) is 9.59 Å². The Morgan fingerprint density at radius 1 is 1.15 bits per heavy atom. The Morgan fingerprint density at radius 2 is 1.88 bits per heavy atom. The van der Waals surface area contributed by atoms with Gasteiger partial charge in [0.05, 0.1) is 18.2 Å². The summed E-state index contributed by atoms with van der Waals surface area (Å²) in [5.41, 5.74) is 2.60. The van der Waals surface area contributed by atoms with Gasteiger partial charge in [0.15, 0.2) is 0 Å². The van der Waals surface area contributed by atoms with Crippen LogP contribution in [0.4, 0.5) is 10.5 Å². The number of ether oxygens (including phenoxy) is 2. The summed E-state index contributed by atoms with van der Waals surface area (Å²) in [4.78, 5) is 39.7. The predicted molar refractivity (Wildman–Crippen MR) is 130 cm³/mol. The summed E-state index contributed by atoms with van der Waals surface area (Å²) in [5.74, 6) is -0.812. The van der Waals surface area contributed by atoms with Gasteiger partial charge in [-0.3, -0.25) is 9.69 Å². The molecule has 0 aliphatic carbocycles. The molecule has 1 heterocycles. The van der Waals surface area contributed by atoms with Crippen molar-refractivity contribution in [3.8, 4) is 0 Å². The third-order valence-corrected chi connectivity index (χ3v) is 5.61. The second-order valence-electron chi connectivity index (χ2n) is 7.75. The summed E-state index contributed by atoms with van der Waals surface area (Å²) in [6.07, 6.45) is 0.739. The van der Waals surface area contributed by atoms with E-state index in [0.29, 0.717) is 39.7 Å². The number of methoxy groups -OCH3 is 1. The molecule has 0 saturated carbocycles. The van der Waals surface area contributed by atoms with Crippen LogP contribution in [-0.4, -0.2) is 49.7 Å². The van der Waals surface area contributed by atoms with Gasteiger partial charge < -0.3 is 20.1 Å². The van der Waals surface area contributed by atoms with Crippen molar-refractivity contribution in [2.24, 2.45) is 0 Å². The summed E-state index contributed by atoms with van der Waals surface area (Å²) < 4.78 is 10.3. The lowest BCUT2D eigenvalue weighted by Gasteiger charge is -2.35. The normalized spacial score (nSPS) is 15.7. The number of hydrogen-bond acceptors (Lipinski definition) is 5. The Labute approximate surface area is 203 Å². The van der Waals surface area contributed by atoms with Crippen molar-refractivity contribution in [1.82, 2.24) is 10.2 Å². The maximum atomic E-state index is 12.9. The highest BCUT2D eigenvalue weighted by molar-refractivity contribution is 6.31. The van der Waals surface area contributed by atoms with E-state index >= 15 is 0 Å². The van der Waals surface area contributed by atoms with E-state index in [-0.39, 0.29) is 25.2 Å². The lowest BCUT2D eigenvalue weighted by molar-refractivity contribution is -0.140. The van der Waals surface area contributed by atoms with Gasteiger partial charge in [0, 0.05) is 35.6 Å². The van der Waals surface area contributed by atoms with Crippen LogP contribution < -0.4 is 10.6 Å². The van der Waals surface area contributed by atoms with Crippen LogP contribution in [-0.2, 0) is 14.3 Å². The fourth-order valence-corrected chi connectivity index (χ4v) is 3.87. The van der Waals surface area contributed by atoms with E-state index in [4.69, 9.17) is 21.1 Å². The van der Waals surface area contributed by atoms with E-state index in [9.17, 15) is 14.4 Å². The fraction of sp³-hybridized carbons (Fsp3) is 0.320. The van der Waals surface area contributed by atoms with E-state index < -0.39 is 12.0 Å².